The number of hydrogen-bond acceptors (Lipinski definition) is 3. The molecule has 1 aromatic rings. The predicted molar refractivity (Wildman–Crippen MR) is 67.1 cm³/mol. The Balaban J connectivity index is 2.25. The first kappa shape index (κ1) is 11.6. The third-order valence-corrected chi connectivity index (χ3v) is 3.96. The zero-order valence-electron chi connectivity index (χ0n) is 10.1. The van der Waals surface area contributed by atoms with E-state index in [4.69, 9.17) is 11.6 Å². The maximum Gasteiger partial charge on any atom is 0.155 e. The molecule has 1 aliphatic heterocycles. The van der Waals surface area contributed by atoms with Gasteiger partial charge in [-0.2, -0.15) is 0 Å². The summed E-state index contributed by atoms with van der Waals surface area (Å²) >= 11 is 5.96. The highest BCUT2D eigenvalue weighted by atomic mass is 35.5. The third-order valence-electron chi connectivity index (χ3n) is 3.60. The Bertz CT molecular complexity index is 392. The maximum atomic E-state index is 5.96. The molecule has 1 saturated heterocycles. The van der Waals surface area contributed by atoms with Gasteiger partial charge in [-0.15, -0.1) is 10.2 Å². The molecule has 4 heteroatoms. The van der Waals surface area contributed by atoms with Crippen LogP contribution in [0, 0.1) is 19.8 Å². The Morgan fingerprint density at radius 1 is 1.31 bits per heavy atom. The van der Waals surface area contributed by atoms with E-state index in [0.717, 1.165) is 36.0 Å². The number of nitrogens with zero attached hydrogens (tertiary/aromatic N) is 3. The minimum Gasteiger partial charge on any atom is -0.355 e. The first-order chi connectivity index (χ1) is 7.63. The van der Waals surface area contributed by atoms with Gasteiger partial charge in [-0.3, -0.25) is 0 Å². The van der Waals surface area contributed by atoms with Gasteiger partial charge in [0.2, 0.25) is 0 Å². The normalized spacial score (nSPS) is 20.5. The molecule has 1 unspecified atom stereocenters. The van der Waals surface area contributed by atoms with E-state index in [1.807, 2.05) is 6.92 Å². The van der Waals surface area contributed by atoms with Crippen LogP contribution in [0.1, 0.15) is 30.9 Å². The summed E-state index contributed by atoms with van der Waals surface area (Å²) in [5, 5.41) is 8.76. The van der Waals surface area contributed by atoms with Gasteiger partial charge >= 0.3 is 0 Å². The fourth-order valence-corrected chi connectivity index (χ4v) is 2.40. The largest absolute Gasteiger partial charge is 0.355 e. The molecular weight excluding hydrogens is 222 g/mol. The second-order valence-corrected chi connectivity index (χ2v) is 4.93. The van der Waals surface area contributed by atoms with Crippen molar-refractivity contribution in [1.82, 2.24) is 10.2 Å². The average Bonchev–Trinajstić information content (AvgIpc) is 2.74. The van der Waals surface area contributed by atoms with Crippen molar-refractivity contribution in [2.45, 2.75) is 33.6 Å². The number of anilines is 1. The Morgan fingerprint density at radius 3 is 2.69 bits per heavy atom. The highest BCUT2D eigenvalue weighted by Crippen LogP contribution is 2.28. The van der Waals surface area contributed by atoms with Crippen molar-refractivity contribution < 1.29 is 0 Å². The molecule has 2 heterocycles. The van der Waals surface area contributed by atoms with Crippen LogP contribution in [-0.4, -0.2) is 23.3 Å². The maximum absolute atomic E-state index is 5.96. The minimum absolute atomic E-state index is 0.521. The molecular formula is C12H18ClN3. The van der Waals surface area contributed by atoms with Crippen molar-refractivity contribution in [1.29, 1.82) is 0 Å². The number of halogens is 1. The second kappa shape index (κ2) is 4.58. The molecule has 0 radical (unpaired) electrons. The van der Waals surface area contributed by atoms with Gasteiger partial charge in [-0.25, -0.2) is 0 Å². The fourth-order valence-electron chi connectivity index (χ4n) is 2.22. The topological polar surface area (TPSA) is 29.0 Å². The Morgan fingerprint density at radius 2 is 2.06 bits per heavy atom. The molecule has 0 aromatic carbocycles. The average molecular weight is 240 g/mol. The molecule has 16 heavy (non-hydrogen) atoms. The molecule has 0 aliphatic carbocycles. The highest BCUT2D eigenvalue weighted by molar-refractivity contribution is 6.30. The van der Waals surface area contributed by atoms with E-state index in [0.29, 0.717) is 5.15 Å². The zero-order chi connectivity index (χ0) is 11.7. The quantitative estimate of drug-likeness (QED) is 0.795. The van der Waals surface area contributed by atoms with E-state index in [-0.39, 0.29) is 0 Å². The molecule has 1 aromatic heterocycles. The van der Waals surface area contributed by atoms with E-state index < -0.39 is 0 Å². The van der Waals surface area contributed by atoms with Crippen LogP contribution >= 0.6 is 11.6 Å². The van der Waals surface area contributed by atoms with E-state index in [1.165, 1.54) is 12.8 Å². The zero-order valence-corrected chi connectivity index (χ0v) is 10.9. The summed E-state index contributed by atoms with van der Waals surface area (Å²) in [6, 6.07) is 0. The summed E-state index contributed by atoms with van der Waals surface area (Å²) in [7, 11) is 0. The van der Waals surface area contributed by atoms with Gasteiger partial charge < -0.3 is 4.90 Å². The molecule has 0 saturated carbocycles. The van der Waals surface area contributed by atoms with Crippen LogP contribution in [0.25, 0.3) is 0 Å². The summed E-state index contributed by atoms with van der Waals surface area (Å²) in [4.78, 5) is 2.33. The summed E-state index contributed by atoms with van der Waals surface area (Å²) in [5.41, 5.74) is 2.21. The SMILES string of the molecule is CCC1CCN(c2nnc(Cl)c(C)c2C)C1. The van der Waals surface area contributed by atoms with Crippen LogP contribution in [0.3, 0.4) is 0 Å². The Hall–Kier alpha value is -0.830. The summed E-state index contributed by atoms with van der Waals surface area (Å²) in [6.07, 6.45) is 2.51. The molecule has 1 fully saturated rings. The van der Waals surface area contributed by atoms with Gasteiger partial charge in [-0.05, 0) is 37.3 Å². The van der Waals surface area contributed by atoms with Gasteiger partial charge in [0.1, 0.15) is 0 Å². The van der Waals surface area contributed by atoms with Crippen molar-refractivity contribution in [2.75, 3.05) is 18.0 Å². The lowest BCUT2D eigenvalue weighted by molar-refractivity contribution is 0.568. The lowest BCUT2D eigenvalue weighted by Gasteiger charge is -2.19. The van der Waals surface area contributed by atoms with E-state index in [9.17, 15) is 0 Å². The van der Waals surface area contributed by atoms with Gasteiger partial charge in [0.25, 0.3) is 0 Å². The van der Waals surface area contributed by atoms with Crippen molar-refractivity contribution in [3.05, 3.63) is 16.3 Å². The molecule has 0 bridgehead atoms. The van der Waals surface area contributed by atoms with Crippen molar-refractivity contribution in [3.63, 3.8) is 0 Å². The van der Waals surface area contributed by atoms with Gasteiger partial charge in [0.15, 0.2) is 11.0 Å². The van der Waals surface area contributed by atoms with Crippen LogP contribution in [0.4, 0.5) is 5.82 Å². The molecule has 1 aliphatic rings. The molecule has 0 amide bonds. The lowest BCUT2D eigenvalue weighted by atomic mass is 10.1. The molecule has 3 nitrogen and oxygen atoms in total. The van der Waals surface area contributed by atoms with Crippen molar-refractivity contribution >= 4 is 17.4 Å². The van der Waals surface area contributed by atoms with Crippen molar-refractivity contribution in [2.24, 2.45) is 5.92 Å². The summed E-state index contributed by atoms with van der Waals surface area (Å²) in [6.45, 7) is 8.52. The van der Waals surface area contributed by atoms with Crippen LogP contribution in [0.5, 0.6) is 0 Å². The van der Waals surface area contributed by atoms with Crippen LogP contribution in [0.2, 0.25) is 5.15 Å². The van der Waals surface area contributed by atoms with Crippen LogP contribution in [0.15, 0.2) is 0 Å². The summed E-state index contributed by atoms with van der Waals surface area (Å²) in [5.74, 6) is 1.81. The fraction of sp³-hybridized carbons (Fsp3) is 0.667. The third kappa shape index (κ3) is 2.01. The Labute approximate surface area is 102 Å². The van der Waals surface area contributed by atoms with Crippen LogP contribution < -0.4 is 4.90 Å². The van der Waals surface area contributed by atoms with E-state index in [1.54, 1.807) is 0 Å². The first-order valence-electron chi connectivity index (χ1n) is 5.87. The lowest BCUT2D eigenvalue weighted by Crippen LogP contribution is -2.22. The van der Waals surface area contributed by atoms with Gasteiger partial charge in [0, 0.05) is 13.1 Å². The second-order valence-electron chi connectivity index (χ2n) is 4.57. The van der Waals surface area contributed by atoms with Gasteiger partial charge in [0.05, 0.1) is 0 Å². The van der Waals surface area contributed by atoms with Gasteiger partial charge in [-0.1, -0.05) is 24.9 Å². The molecule has 88 valence electrons. The standard InChI is InChI=1S/C12H18ClN3/c1-4-10-5-6-16(7-10)12-9(3)8(2)11(13)14-15-12/h10H,4-7H2,1-3H3. The first-order valence-corrected chi connectivity index (χ1v) is 6.25. The van der Waals surface area contributed by atoms with Crippen molar-refractivity contribution in [3.8, 4) is 0 Å². The number of rotatable bonds is 2. The molecule has 0 spiro atoms. The van der Waals surface area contributed by atoms with E-state index in [2.05, 4.69) is 28.9 Å². The predicted octanol–water partition coefficient (Wildman–Crippen LogP) is 2.98. The van der Waals surface area contributed by atoms with E-state index >= 15 is 0 Å². The highest BCUT2D eigenvalue weighted by Gasteiger charge is 2.24. The molecule has 2 rings (SSSR count). The molecule has 1 atom stereocenters. The van der Waals surface area contributed by atoms with Crippen LogP contribution in [-0.2, 0) is 0 Å². The number of aromatic nitrogens is 2. The molecule has 0 N–H and O–H groups in total. The minimum atomic E-state index is 0.521. The Kier molecular flexibility index (Phi) is 3.33. The smallest absolute Gasteiger partial charge is 0.155 e. The summed E-state index contributed by atoms with van der Waals surface area (Å²) < 4.78 is 0. The number of hydrogen-bond donors (Lipinski definition) is 0. The monoisotopic (exact) mass is 239 g/mol.